The van der Waals surface area contributed by atoms with Crippen molar-refractivity contribution in [2.24, 2.45) is 114 Å². The highest BCUT2D eigenvalue weighted by atomic mass is 15.1. The van der Waals surface area contributed by atoms with Gasteiger partial charge in [0.25, 0.3) is 0 Å². The van der Waals surface area contributed by atoms with E-state index in [1.54, 1.807) is 0 Å². The maximum absolute atomic E-state index is 3.56. The molecule has 5 aliphatic carbocycles. The van der Waals surface area contributed by atoms with Gasteiger partial charge in [-0.1, -0.05) is 369 Å². The van der Waals surface area contributed by atoms with Crippen molar-refractivity contribution >= 4 is 0 Å². The molecule has 5 saturated carbocycles. The summed E-state index contributed by atoms with van der Waals surface area (Å²) in [6.07, 6.45) is 30.7. The highest BCUT2D eigenvalue weighted by Crippen LogP contribution is 2.63. The summed E-state index contributed by atoms with van der Waals surface area (Å²) in [5.74, 6) is 10.2. The van der Waals surface area contributed by atoms with Crippen molar-refractivity contribution in [2.75, 3.05) is 19.6 Å². The van der Waals surface area contributed by atoms with Crippen molar-refractivity contribution in [1.82, 2.24) is 10.6 Å². The van der Waals surface area contributed by atoms with Gasteiger partial charge in [-0.05, 0) is 192 Å². The summed E-state index contributed by atoms with van der Waals surface area (Å²) >= 11 is 0. The quantitative estimate of drug-likeness (QED) is 0.190. The molecule has 2 N–H and O–H groups in total. The number of hydrogen-bond acceptors (Lipinski definition) is 2. The first kappa shape index (κ1) is 104. The number of rotatable bonds is 12. The minimum absolute atomic E-state index is 0.472. The minimum Gasteiger partial charge on any atom is -0.315 e. The molecule has 0 bridgehead atoms. The molecule has 2 aliphatic heterocycles. The van der Waals surface area contributed by atoms with Crippen molar-refractivity contribution in [3.63, 3.8) is 0 Å². The third-order valence-electron chi connectivity index (χ3n) is 25.7. The van der Waals surface area contributed by atoms with E-state index in [9.17, 15) is 0 Å². The first-order valence-corrected chi connectivity index (χ1v) is 41.7. The van der Waals surface area contributed by atoms with Crippen LogP contribution in [0.4, 0.5) is 0 Å². The molecule has 7 aliphatic rings. The Bertz CT molecular complexity index is 1380. The summed E-state index contributed by atoms with van der Waals surface area (Å²) in [5, 5.41) is 6.92. The molecule has 0 aromatic rings. The van der Waals surface area contributed by atoms with Crippen LogP contribution in [0.5, 0.6) is 0 Å². The van der Waals surface area contributed by atoms with Crippen molar-refractivity contribution in [3.8, 4) is 0 Å². The van der Waals surface area contributed by atoms with Gasteiger partial charge in [0.1, 0.15) is 0 Å². The smallest absolute Gasteiger partial charge is 0.0239 e. The molecule has 0 atom stereocenters. The number of nitrogens with one attached hydrogen (secondary N) is 2. The van der Waals surface area contributed by atoms with Crippen molar-refractivity contribution in [2.45, 2.75) is 445 Å². The highest BCUT2D eigenvalue weighted by molar-refractivity contribution is 5.04. The molecule has 91 heavy (non-hydrogen) atoms. The summed E-state index contributed by atoms with van der Waals surface area (Å²) in [7, 11) is 0. The molecule has 7 fully saturated rings. The molecule has 0 unspecified atom stereocenters. The van der Waals surface area contributed by atoms with Crippen molar-refractivity contribution in [1.29, 1.82) is 0 Å². The van der Waals surface area contributed by atoms with Crippen LogP contribution in [0.3, 0.4) is 0 Å². The Morgan fingerprint density at radius 3 is 0.505 bits per heavy atom. The van der Waals surface area contributed by atoms with Gasteiger partial charge in [0.05, 0.1) is 0 Å². The molecule has 2 saturated heterocycles. The fourth-order valence-electron chi connectivity index (χ4n) is 18.1. The molecule has 7 rings (SSSR count). The van der Waals surface area contributed by atoms with Gasteiger partial charge in [-0.2, -0.15) is 0 Å². The molecule has 0 aromatic heterocycles. The van der Waals surface area contributed by atoms with Gasteiger partial charge >= 0.3 is 0 Å². The molecule has 2 heteroatoms. The van der Waals surface area contributed by atoms with E-state index in [4.69, 9.17) is 0 Å². The van der Waals surface area contributed by atoms with Crippen LogP contribution in [0.15, 0.2) is 0 Å². The fraction of sp³-hybridized carbons (Fsp3) is 1.00. The minimum atomic E-state index is 0.472. The normalized spacial score (nSPS) is 20.3. The van der Waals surface area contributed by atoms with Gasteiger partial charge in [0.15, 0.2) is 0 Å². The Hall–Kier alpha value is -0.0800. The van der Waals surface area contributed by atoms with Crippen molar-refractivity contribution in [3.05, 3.63) is 0 Å². The third kappa shape index (κ3) is 31.3. The van der Waals surface area contributed by atoms with Gasteiger partial charge in [-0.15, -0.1) is 0 Å². The van der Waals surface area contributed by atoms with Crippen LogP contribution in [0.25, 0.3) is 0 Å². The zero-order chi connectivity index (χ0) is 73.8. The van der Waals surface area contributed by atoms with Gasteiger partial charge in [0.2, 0.25) is 0 Å². The van der Waals surface area contributed by atoms with E-state index in [1.165, 1.54) is 154 Å². The SMILES string of the molecule is CC.CC.CC.CC.CC.CC.CC.CC(C)C1(C(C)(C)C)CC1.CC(C)C1(C(C)(C)C)CCCCCC1.CC(C)C1(C(C)C)CCC1.CC(C)C1(C(C)C)CCCC1.CC(C)C1(C(C)C)CCCCC1.CC(C)C1(C(C)C)CCN1.CC(C)C1(C(C)C)CNC1. The average Bonchev–Trinajstić information content (AvgIpc) is 1.70. The van der Waals surface area contributed by atoms with E-state index in [0.717, 1.165) is 76.4 Å². The second-order valence-corrected chi connectivity index (χ2v) is 34.0. The van der Waals surface area contributed by atoms with Crippen LogP contribution in [0.2, 0.25) is 0 Å². The maximum Gasteiger partial charge on any atom is 0.0239 e. The summed E-state index contributed by atoms with van der Waals surface area (Å²) in [4.78, 5) is 0. The van der Waals surface area contributed by atoms with Crippen LogP contribution in [-0.4, -0.2) is 25.2 Å². The molecular formula is C89H194N2. The largest absolute Gasteiger partial charge is 0.315 e. The molecule has 2 nitrogen and oxygen atoms in total. The molecule has 0 spiro atoms. The predicted molar refractivity (Wildman–Crippen MR) is 432 cm³/mol. The van der Waals surface area contributed by atoms with E-state index in [-0.39, 0.29) is 0 Å². The Labute approximate surface area is 586 Å². The Kier molecular flexibility index (Phi) is 60.7. The fourth-order valence-corrected chi connectivity index (χ4v) is 18.1. The van der Waals surface area contributed by atoms with Crippen LogP contribution in [-0.2, 0) is 0 Å². The van der Waals surface area contributed by atoms with Crippen LogP contribution in [0.1, 0.15) is 439 Å². The van der Waals surface area contributed by atoms with Crippen LogP contribution < -0.4 is 10.6 Å². The van der Waals surface area contributed by atoms with E-state index < -0.39 is 0 Å². The van der Waals surface area contributed by atoms with Gasteiger partial charge in [-0.3, -0.25) is 0 Å². The lowest BCUT2D eigenvalue weighted by atomic mass is 9.56. The summed E-state index contributed by atoms with van der Waals surface area (Å²) in [5.41, 5.74) is 5.47. The lowest BCUT2D eigenvalue weighted by Crippen LogP contribution is -2.63. The van der Waals surface area contributed by atoms with Gasteiger partial charge in [-0.25, -0.2) is 0 Å². The summed E-state index contributed by atoms with van der Waals surface area (Å²) < 4.78 is 0. The van der Waals surface area contributed by atoms with E-state index in [1.807, 2.05) is 96.9 Å². The molecular weight excluding hydrogens is 1100 g/mol. The molecule has 2 heterocycles. The monoisotopic (exact) mass is 1290 g/mol. The second kappa shape index (κ2) is 52.9. The Balaban J connectivity index is -0.000000175. The summed E-state index contributed by atoms with van der Waals surface area (Å²) in [6.45, 7) is 103. The zero-order valence-corrected chi connectivity index (χ0v) is 73.4. The Morgan fingerprint density at radius 2 is 0.418 bits per heavy atom. The Morgan fingerprint density at radius 1 is 0.220 bits per heavy atom. The maximum atomic E-state index is 3.56. The van der Waals surface area contributed by atoms with E-state index >= 15 is 0 Å². The highest BCUT2D eigenvalue weighted by Gasteiger charge is 2.53. The summed E-state index contributed by atoms with van der Waals surface area (Å²) in [6, 6.07) is 0. The number of hydrogen-bond donors (Lipinski definition) is 2. The van der Waals surface area contributed by atoms with Crippen molar-refractivity contribution < 1.29 is 0 Å². The molecule has 0 radical (unpaired) electrons. The lowest BCUT2D eigenvalue weighted by Gasteiger charge is -2.50. The van der Waals surface area contributed by atoms with Crippen LogP contribution >= 0.6 is 0 Å². The zero-order valence-electron chi connectivity index (χ0n) is 73.4. The molecule has 0 aromatic carbocycles. The molecule has 0 amide bonds. The van der Waals surface area contributed by atoms with Gasteiger partial charge in [0, 0.05) is 18.6 Å². The van der Waals surface area contributed by atoms with Crippen LogP contribution in [0, 0.1) is 114 Å². The van der Waals surface area contributed by atoms with Gasteiger partial charge < -0.3 is 10.6 Å². The predicted octanol–water partition coefficient (Wildman–Crippen LogP) is 31.2. The topological polar surface area (TPSA) is 24.1 Å². The molecule has 560 valence electrons. The first-order chi connectivity index (χ1) is 42.3. The first-order valence-electron chi connectivity index (χ1n) is 41.7. The standard InChI is InChI=1S/C14H28.C12H24.C11H22.2C10H20.2C9H19N.7C2H6/c1-12(2)14(13(3,4)5)10-8-6-7-9-11-14;1-10(2)12(11(3)4)8-6-5-7-9-12;1-9(2)11(10(3)4)7-5-6-8-11;1-8(2)10(6-7-10)9(3,4)5;1-8(2)10(9(3)4)6-5-7-10;1-7(2)9(8(3)4)5-10-6-9;1-7(2)9(8(3)4)5-6-10-9;7*1-2/h12H,6-11H2,1-5H3;10-11H,5-9H2,1-4H3;9-10H,5-8H2,1-4H3;8H,6-7H2,1-5H3;8-9H,5-7H2,1-4H3;2*7-8,10H,5-6H2,1-4H3;7*1-2H3. The van der Waals surface area contributed by atoms with E-state index in [2.05, 4.69) is 218 Å². The lowest BCUT2D eigenvalue weighted by molar-refractivity contribution is 0.0133. The van der Waals surface area contributed by atoms with E-state index in [0.29, 0.717) is 43.4 Å². The average molecular weight is 1290 g/mol. The third-order valence-corrected chi connectivity index (χ3v) is 25.7. The second-order valence-electron chi connectivity index (χ2n) is 34.0.